The molecule has 2 fully saturated rings. The molecule has 0 radical (unpaired) electrons. The van der Waals surface area contributed by atoms with Crippen molar-refractivity contribution in [3.8, 4) is 0 Å². The van der Waals surface area contributed by atoms with Crippen molar-refractivity contribution in [3.63, 3.8) is 0 Å². The molecule has 1 heteroatoms. The lowest BCUT2D eigenvalue weighted by molar-refractivity contribution is -0.139. The third-order valence-corrected chi connectivity index (χ3v) is 5.36. The second-order valence-corrected chi connectivity index (χ2v) is 6.64. The van der Waals surface area contributed by atoms with E-state index in [2.05, 4.69) is 20.8 Å². The predicted octanol–water partition coefficient (Wildman–Crippen LogP) is 4.00. The lowest BCUT2D eigenvalue weighted by Gasteiger charge is -2.52. The molecule has 2 aliphatic rings. The number of hydrogen-bond acceptors (Lipinski definition) is 1. The molecule has 1 N–H and O–H groups in total. The van der Waals surface area contributed by atoms with E-state index in [-0.39, 0.29) is 5.60 Å². The molecule has 0 aromatic rings. The summed E-state index contributed by atoms with van der Waals surface area (Å²) in [6.45, 7) is 6.88. The summed E-state index contributed by atoms with van der Waals surface area (Å²) in [5.74, 6) is 3.10. The summed E-state index contributed by atoms with van der Waals surface area (Å²) in [5.41, 5.74) is -0.270. The van der Waals surface area contributed by atoms with Crippen LogP contribution >= 0.6 is 0 Å². The van der Waals surface area contributed by atoms with Crippen LogP contribution in [0.5, 0.6) is 0 Å². The van der Waals surface area contributed by atoms with Crippen LogP contribution < -0.4 is 0 Å². The fourth-order valence-electron chi connectivity index (χ4n) is 3.76. The summed E-state index contributed by atoms with van der Waals surface area (Å²) in [5, 5.41) is 10.6. The molecule has 16 heavy (non-hydrogen) atoms. The second-order valence-electron chi connectivity index (χ2n) is 6.64. The van der Waals surface area contributed by atoms with Gasteiger partial charge in [0.15, 0.2) is 0 Å². The molecular weight excluding hydrogens is 196 g/mol. The zero-order valence-corrected chi connectivity index (χ0v) is 11.2. The third-order valence-electron chi connectivity index (χ3n) is 5.36. The molecule has 2 rings (SSSR count). The normalized spacial score (nSPS) is 44.4. The van der Waals surface area contributed by atoms with Crippen molar-refractivity contribution < 1.29 is 5.11 Å². The van der Waals surface area contributed by atoms with Crippen molar-refractivity contribution in [2.24, 2.45) is 23.7 Å². The topological polar surface area (TPSA) is 20.2 Å². The van der Waals surface area contributed by atoms with Gasteiger partial charge in [-0.3, -0.25) is 0 Å². The van der Waals surface area contributed by atoms with Crippen LogP contribution in [0.1, 0.15) is 65.7 Å². The van der Waals surface area contributed by atoms with Gasteiger partial charge in [0.1, 0.15) is 0 Å². The first-order valence-corrected chi connectivity index (χ1v) is 7.27. The zero-order valence-electron chi connectivity index (χ0n) is 11.2. The lowest BCUT2D eigenvalue weighted by Crippen LogP contribution is -2.52. The van der Waals surface area contributed by atoms with E-state index in [1.54, 1.807) is 0 Å². The Labute approximate surface area is 101 Å². The van der Waals surface area contributed by atoms with Gasteiger partial charge in [0.25, 0.3) is 0 Å². The summed E-state index contributed by atoms with van der Waals surface area (Å²) in [4.78, 5) is 0. The summed E-state index contributed by atoms with van der Waals surface area (Å²) >= 11 is 0. The van der Waals surface area contributed by atoms with E-state index in [0.717, 1.165) is 30.6 Å². The molecule has 0 aromatic carbocycles. The highest BCUT2D eigenvalue weighted by Gasteiger charge is 2.49. The van der Waals surface area contributed by atoms with Crippen LogP contribution in [0.25, 0.3) is 0 Å². The molecule has 0 unspecified atom stereocenters. The summed E-state index contributed by atoms with van der Waals surface area (Å²) in [7, 11) is 0. The highest BCUT2D eigenvalue weighted by atomic mass is 16.3. The third kappa shape index (κ3) is 2.30. The van der Waals surface area contributed by atoms with Crippen LogP contribution in [0.2, 0.25) is 0 Å². The Bertz CT molecular complexity index is 220. The minimum Gasteiger partial charge on any atom is -0.390 e. The average molecular weight is 224 g/mol. The van der Waals surface area contributed by atoms with Crippen LogP contribution in [0.4, 0.5) is 0 Å². The quantitative estimate of drug-likeness (QED) is 0.768. The molecule has 0 saturated heterocycles. The molecule has 94 valence electrons. The van der Waals surface area contributed by atoms with Gasteiger partial charge in [0.2, 0.25) is 0 Å². The molecule has 0 atom stereocenters. The van der Waals surface area contributed by atoms with Crippen molar-refractivity contribution in [1.29, 1.82) is 0 Å². The number of rotatable bonds is 3. The van der Waals surface area contributed by atoms with Crippen molar-refractivity contribution in [3.05, 3.63) is 0 Å². The predicted molar refractivity (Wildman–Crippen MR) is 68.3 cm³/mol. The minimum atomic E-state index is -0.270. The molecule has 0 bridgehead atoms. The first kappa shape index (κ1) is 12.4. The van der Waals surface area contributed by atoms with E-state index < -0.39 is 0 Å². The Morgan fingerprint density at radius 2 is 1.69 bits per heavy atom. The fraction of sp³-hybridized carbons (Fsp3) is 1.00. The molecule has 0 heterocycles. The molecule has 0 amide bonds. The summed E-state index contributed by atoms with van der Waals surface area (Å²) in [6, 6.07) is 0. The van der Waals surface area contributed by atoms with Crippen LogP contribution in [0.15, 0.2) is 0 Å². The van der Waals surface area contributed by atoms with Gasteiger partial charge >= 0.3 is 0 Å². The zero-order chi connectivity index (χ0) is 11.8. The maximum Gasteiger partial charge on any atom is 0.0681 e. The Kier molecular flexibility index (Phi) is 3.63. The van der Waals surface area contributed by atoms with Gasteiger partial charge in [-0.1, -0.05) is 40.0 Å². The van der Waals surface area contributed by atoms with Gasteiger partial charge in [0.05, 0.1) is 5.60 Å². The first-order chi connectivity index (χ1) is 7.55. The van der Waals surface area contributed by atoms with Gasteiger partial charge < -0.3 is 5.11 Å². The van der Waals surface area contributed by atoms with E-state index in [0.29, 0.717) is 5.92 Å². The van der Waals surface area contributed by atoms with Crippen molar-refractivity contribution in [1.82, 2.24) is 0 Å². The molecule has 1 nitrogen and oxygen atoms in total. The van der Waals surface area contributed by atoms with E-state index >= 15 is 0 Å². The van der Waals surface area contributed by atoms with E-state index in [9.17, 15) is 5.11 Å². The van der Waals surface area contributed by atoms with Gasteiger partial charge in [-0.2, -0.15) is 0 Å². The van der Waals surface area contributed by atoms with Gasteiger partial charge in [-0.15, -0.1) is 0 Å². The molecular formula is C15H28O. The average Bonchev–Trinajstić information content (AvgIpc) is 2.24. The number of hydrogen-bond donors (Lipinski definition) is 1. The van der Waals surface area contributed by atoms with Crippen LogP contribution in [0.3, 0.4) is 0 Å². The summed E-state index contributed by atoms with van der Waals surface area (Å²) in [6.07, 6.45) is 8.75. The van der Waals surface area contributed by atoms with Crippen LogP contribution in [0, 0.1) is 23.7 Å². The van der Waals surface area contributed by atoms with Gasteiger partial charge in [-0.25, -0.2) is 0 Å². The Morgan fingerprint density at radius 3 is 2.12 bits per heavy atom. The highest BCUT2D eigenvalue weighted by Crippen LogP contribution is 2.51. The van der Waals surface area contributed by atoms with Crippen LogP contribution in [-0.2, 0) is 0 Å². The fourth-order valence-corrected chi connectivity index (χ4v) is 3.76. The largest absolute Gasteiger partial charge is 0.390 e. The monoisotopic (exact) mass is 224 g/mol. The van der Waals surface area contributed by atoms with Gasteiger partial charge in [0, 0.05) is 0 Å². The van der Waals surface area contributed by atoms with E-state index in [4.69, 9.17) is 0 Å². The minimum absolute atomic E-state index is 0.270. The highest BCUT2D eigenvalue weighted by molar-refractivity contribution is 5.00. The van der Waals surface area contributed by atoms with Crippen LogP contribution in [-0.4, -0.2) is 10.7 Å². The van der Waals surface area contributed by atoms with Crippen molar-refractivity contribution in [2.75, 3.05) is 0 Å². The van der Waals surface area contributed by atoms with E-state index in [1.165, 1.54) is 32.1 Å². The maximum absolute atomic E-state index is 10.6. The number of aliphatic hydroxyl groups is 1. The van der Waals surface area contributed by atoms with Gasteiger partial charge in [-0.05, 0) is 49.4 Å². The SMILES string of the molecule is CCC1CCC(C2(O)CC(C(C)C)C2)CC1. The molecule has 0 aromatic heterocycles. The summed E-state index contributed by atoms with van der Waals surface area (Å²) < 4.78 is 0. The molecule has 2 aliphatic carbocycles. The second kappa shape index (κ2) is 4.68. The smallest absolute Gasteiger partial charge is 0.0681 e. The van der Waals surface area contributed by atoms with E-state index in [1.807, 2.05) is 0 Å². The van der Waals surface area contributed by atoms with Crippen molar-refractivity contribution in [2.45, 2.75) is 71.3 Å². The maximum atomic E-state index is 10.6. The molecule has 0 aliphatic heterocycles. The van der Waals surface area contributed by atoms with Crippen molar-refractivity contribution >= 4 is 0 Å². The Morgan fingerprint density at radius 1 is 1.12 bits per heavy atom. The Hall–Kier alpha value is -0.0400. The molecule has 0 spiro atoms. The molecule has 2 saturated carbocycles. The first-order valence-electron chi connectivity index (χ1n) is 7.27. The standard InChI is InChI=1S/C15H28O/c1-4-12-5-7-14(8-6-12)15(16)9-13(10-15)11(2)3/h11-14,16H,4-10H2,1-3H3. The lowest BCUT2D eigenvalue weighted by atomic mass is 9.58. The Balaban J connectivity index is 1.82.